The van der Waals surface area contributed by atoms with Crippen molar-refractivity contribution < 1.29 is 0 Å². The molecule has 0 aliphatic heterocycles. The van der Waals surface area contributed by atoms with E-state index in [4.69, 9.17) is 17.3 Å². The van der Waals surface area contributed by atoms with Gasteiger partial charge in [0, 0.05) is 19.8 Å². The minimum atomic E-state index is 0.728. The van der Waals surface area contributed by atoms with Gasteiger partial charge in [-0.15, -0.1) is 0 Å². The first-order chi connectivity index (χ1) is 7.16. The first kappa shape index (κ1) is 10.8. The fraction of sp³-hybridized carbons (Fsp3) is 0. The molecule has 0 atom stereocenters. The molecule has 0 bridgehead atoms. The van der Waals surface area contributed by atoms with Crippen LogP contribution in [0.4, 0.5) is 5.69 Å². The van der Waals surface area contributed by atoms with Gasteiger partial charge in [0.05, 0.1) is 0 Å². The highest BCUT2D eigenvalue weighted by Crippen LogP contribution is 2.29. The van der Waals surface area contributed by atoms with Crippen molar-refractivity contribution in [1.82, 2.24) is 0 Å². The molecule has 0 radical (unpaired) electrons. The lowest BCUT2D eigenvalue weighted by atomic mass is 10.0. The van der Waals surface area contributed by atoms with E-state index >= 15 is 0 Å². The summed E-state index contributed by atoms with van der Waals surface area (Å²) in [5.74, 6) is 0. The molecule has 2 rings (SSSR count). The molecule has 0 spiro atoms. The molecule has 3 heteroatoms. The van der Waals surface area contributed by atoms with Crippen molar-refractivity contribution in [2.24, 2.45) is 0 Å². The summed E-state index contributed by atoms with van der Waals surface area (Å²) in [7, 11) is 0. The number of nitrogens with two attached hydrogens (primary N) is 1. The van der Waals surface area contributed by atoms with Crippen LogP contribution in [0.3, 0.4) is 0 Å². The van der Waals surface area contributed by atoms with E-state index in [1.807, 2.05) is 36.4 Å². The third kappa shape index (κ3) is 2.44. The summed E-state index contributed by atoms with van der Waals surface area (Å²) in [5.41, 5.74) is 8.79. The molecular weight excluding hydrogens is 320 g/mol. The minimum absolute atomic E-state index is 0.728. The fourth-order valence-corrected chi connectivity index (χ4v) is 2.12. The van der Waals surface area contributed by atoms with Crippen molar-refractivity contribution in [2.45, 2.75) is 0 Å². The van der Waals surface area contributed by atoms with E-state index in [0.717, 1.165) is 25.4 Å². The van der Waals surface area contributed by atoms with E-state index in [2.05, 4.69) is 28.7 Å². The highest BCUT2D eigenvalue weighted by molar-refractivity contribution is 14.1. The van der Waals surface area contributed by atoms with Crippen LogP contribution in [-0.4, -0.2) is 0 Å². The highest BCUT2D eigenvalue weighted by Gasteiger charge is 2.03. The number of hydrogen-bond acceptors (Lipinski definition) is 1. The highest BCUT2D eigenvalue weighted by atomic mass is 127. The first-order valence-electron chi connectivity index (χ1n) is 4.48. The Morgan fingerprint density at radius 1 is 1.07 bits per heavy atom. The summed E-state index contributed by atoms with van der Waals surface area (Å²) >= 11 is 8.21. The summed E-state index contributed by atoms with van der Waals surface area (Å²) in [6.07, 6.45) is 0. The molecule has 0 aromatic heterocycles. The Bertz CT molecular complexity index is 497. The van der Waals surface area contributed by atoms with Gasteiger partial charge in [0.15, 0.2) is 0 Å². The first-order valence-corrected chi connectivity index (χ1v) is 5.93. The van der Waals surface area contributed by atoms with Gasteiger partial charge in [-0.05, 0) is 58.5 Å². The lowest BCUT2D eigenvalue weighted by molar-refractivity contribution is 1.58. The van der Waals surface area contributed by atoms with E-state index in [9.17, 15) is 0 Å². The molecular formula is C12H9ClIN. The fourth-order valence-electron chi connectivity index (χ4n) is 1.43. The lowest BCUT2D eigenvalue weighted by Crippen LogP contribution is -1.90. The van der Waals surface area contributed by atoms with Gasteiger partial charge < -0.3 is 5.73 Å². The number of hydrogen-bond donors (Lipinski definition) is 1. The molecule has 0 heterocycles. The van der Waals surface area contributed by atoms with Crippen molar-refractivity contribution >= 4 is 39.9 Å². The van der Waals surface area contributed by atoms with Crippen LogP contribution in [0.25, 0.3) is 11.1 Å². The number of rotatable bonds is 1. The van der Waals surface area contributed by atoms with Crippen molar-refractivity contribution in [3.63, 3.8) is 0 Å². The van der Waals surface area contributed by atoms with Crippen LogP contribution in [0.5, 0.6) is 0 Å². The van der Waals surface area contributed by atoms with Crippen molar-refractivity contribution in [2.75, 3.05) is 5.73 Å². The molecule has 2 aromatic rings. The van der Waals surface area contributed by atoms with E-state index < -0.39 is 0 Å². The van der Waals surface area contributed by atoms with Crippen molar-refractivity contribution in [3.05, 3.63) is 51.1 Å². The van der Waals surface area contributed by atoms with Gasteiger partial charge in [0.25, 0.3) is 0 Å². The van der Waals surface area contributed by atoms with Crippen LogP contribution < -0.4 is 5.73 Å². The second-order valence-corrected chi connectivity index (χ2v) is 4.92. The molecule has 0 aliphatic carbocycles. The van der Waals surface area contributed by atoms with Crippen LogP contribution in [-0.2, 0) is 0 Å². The Kier molecular flexibility index (Phi) is 3.17. The molecule has 0 unspecified atom stereocenters. The Labute approximate surface area is 107 Å². The van der Waals surface area contributed by atoms with Gasteiger partial charge in [-0.2, -0.15) is 0 Å². The molecule has 15 heavy (non-hydrogen) atoms. The van der Waals surface area contributed by atoms with Gasteiger partial charge in [0.2, 0.25) is 0 Å². The molecule has 0 fully saturated rings. The van der Waals surface area contributed by atoms with Gasteiger partial charge in [-0.25, -0.2) is 0 Å². The van der Waals surface area contributed by atoms with Gasteiger partial charge >= 0.3 is 0 Å². The van der Waals surface area contributed by atoms with Crippen LogP contribution in [0.2, 0.25) is 5.02 Å². The number of benzene rings is 2. The van der Waals surface area contributed by atoms with Crippen LogP contribution >= 0.6 is 34.2 Å². The molecule has 2 aromatic carbocycles. The smallest absolute Gasteiger partial charge is 0.0412 e. The monoisotopic (exact) mass is 329 g/mol. The second kappa shape index (κ2) is 4.41. The van der Waals surface area contributed by atoms with Crippen LogP contribution in [0, 0.1) is 3.57 Å². The number of nitrogen functional groups attached to an aromatic ring is 1. The van der Waals surface area contributed by atoms with Crippen molar-refractivity contribution in [1.29, 1.82) is 0 Å². The quantitative estimate of drug-likeness (QED) is 0.616. The molecule has 76 valence electrons. The molecule has 1 nitrogen and oxygen atoms in total. The van der Waals surface area contributed by atoms with Crippen LogP contribution in [0.15, 0.2) is 42.5 Å². The summed E-state index contributed by atoms with van der Waals surface area (Å²) in [4.78, 5) is 0. The van der Waals surface area contributed by atoms with Gasteiger partial charge in [-0.3, -0.25) is 0 Å². The second-order valence-electron chi connectivity index (χ2n) is 3.24. The van der Waals surface area contributed by atoms with E-state index in [1.165, 1.54) is 0 Å². The summed E-state index contributed by atoms with van der Waals surface area (Å²) < 4.78 is 1.16. The Hall–Kier alpha value is -0.740. The van der Waals surface area contributed by atoms with E-state index in [1.54, 1.807) is 0 Å². The SMILES string of the molecule is Nc1ccc(I)cc1-c1cccc(Cl)c1. The third-order valence-electron chi connectivity index (χ3n) is 2.15. The van der Waals surface area contributed by atoms with Gasteiger partial charge in [0.1, 0.15) is 0 Å². The third-order valence-corrected chi connectivity index (χ3v) is 3.06. The van der Waals surface area contributed by atoms with Crippen LogP contribution in [0.1, 0.15) is 0 Å². The minimum Gasteiger partial charge on any atom is -0.398 e. The topological polar surface area (TPSA) is 26.0 Å². The zero-order valence-corrected chi connectivity index (χ0v) is 10.8. The maximum atomic E-state index is 5.94. The average Bonchev–Trinajstić information content (AvgIpc) is 2.22. The molecule has 2 N–H and O–H groups in total. The number of halogens is 2. The zero-order chi connectivity index (χ0) is 10.8. The Morgan fingerprint density at radius 2 is 1.87 bits per heavy atom. The standard InChI is InChI=1S/C12H9ClIN/c13-9-3-1-2-8(6-9)11-7-10(14)4-5-12(11)15/h1-7H,15H2. The normalized spacial score (nSPS) is 10.3. The maximum absolute atomic E-state index is 5.94. The lowest BCUT2D eigenvalue weighted by Gasteiger charge is -2.06. The van der Waals surface area contributed by atoms with E-state index in [-0.39, 0.29) is 0 Å². The summed E-state index contributed by atoms with van der Waals surface area (Å²) in [6.45, 7) is 0. The zero-order valence-electron chi connectivity index (χ0n) is 7.87. The van der Waals surface area contributed by atoms with E-state index in [0.29, 0.717) is 0 Å². The predicted octanol–water partition coefficient (Wildman–Crippen LogP) is 4.19. The molecule has 0 saturated heterocycles. The van der Waals surface area contributed by atoms with Gasteiger partial charge in [-0.1, -0.05) is 23.7 Å². The summed E-state index contributed by atoms with van der Waals surface area (Å²) in [6, 6.07) is 13.7. The molecule has 0 aliphatic rings. The largest absolute Gasteiger partial charge is 0.398 e. The number of anilines is 1. The molecule has 0 saturated carbocycles. The maximum Gasteiger partial charge on any atom is 0.0412 e. The predicted molar refractivity (Wildman–Crippen MR) is 74.0 cm³/mol. The Balaban J connectivity index is 2.58. The summed E-state index contributed by atoms with van der Waals surface area (Å²) in [5, 5.41) is 0.728. The average molecular weight is 330 g/mol. The molecule has 0 amide bonds. The van der Waals surface area contributed by atoms with Crippen molar-refractivity contribution in [3.8, 4) is 11.1 Å². The Morgan fingerprint density at radius 3 is 2.60 bits per heavy atom.